The lowest BCUT2D eigenvalue weighted by Gasteiger charge is -2.31. The Morgan fingerprint density at radius 3 is 2.40 bits per heavy atom. The molecule has 4 nitrogen and oxygen atoms in total. The Kier molecular flexibility index (Phi) is 5.84. The Labute approximate surface area is 177 Å². The van der Waals surface area contributed by atoms with Gasteiger partial charge in [0.1, 0.15) is 5.75 Å². The molecule has 1 aromatic heterocycles. The van der Waals surface area contributed by atoms with Gasteiger partial charge in [0.2, 0.25) is 0 Å². The van der Waals surface area contributed by atoms with Crippen molar-refractivity contribution < 1.29 is 9.53 Å². The summed E-state index contributed by atoms with van der Waals surface area (Å²) in [5.41, 5.74) is 4.43. The maximum atomic E-state index is 13.3. The van der Waals surface area contributed by atoms with E-state index in [2.05, 4.69) is 48.3 Å². The number of carbonyl (C=O) groups excluding carboxylic acids is 1. The van der Waals surface area contributed by atoms with E-state index in [9.17, 15) is 4.79 Å². The molecule has 1 heterocycles. The molecule has 1 atom stereocenters. The second kappa shape index (κ2) is 8.87. The van der Waals surface area contributed by atoms with Crippen LogP contribution < -0.4 is 4.74 Å². The van der Waals surface area contributed by atoms with E-state index >= 15 is 0 Å². The lowest BCUT2D eigenvalue weighted by molar-refractivity contribution is -0.134. The number of aromatic amines is 1. The first-order valence-corrected chi connectivity index (χ1v) is 10.3. The predicted molar refractivity (Wildman–Crippen MR) is 121 cm³/mol. The minimum atomic E-state index is -0.196. The Bertz CT molecular complexity index is 1120. The van der Waals surface area contributed by atoms with Gasteiger partial charge in [0, 0.05) is 29.2 Å². The highest BCUT2D eigenvalue weighted by Gasteiger charge is 2.28. The molecule has 152 valence electrons. The monoisotopic (exact) mass is 398 g/mol. The maximum absolute atomic E-state index is 13.3. The van der Waals surface area contributed by atoms with E-state index in [-0.39, 0.29) is 18.6 Å². The van der Waals surface area contributed by atoms with Crippen LogP contribution in [0.5, 0.6) is 5.75 Å². The summed E-state index contributed by atoms with van der Waals surface area (Å²) in [6.07, 6.45) is 2.02. The van der Waals surface area contributed by atoms with Gasteiger partial charge in [0.05, 0.1) is 6.04 Å². The van der Waals surface area contributed by atoms with Gasteiger partial charge in [-0.25, -0.2) is 0 Å². The van der Waals surface area contributed by atoms with Crippen LogP contribution in [0.4, 0.5) is 0 Å². The molecule has 0 saturated carbocycles. The summed E-state index contributed by atoms with van der Waals surface area (Å²) in [6, 6.07) is 25.9. The van der Waals surface area contributed by atoms with Crippen LogP contribution in [0.3, 0.4) is 0 Å². The molecule has 0 aliphatic heterocycles. The van der Waals surface area contributed by atoms with Gasteiger partial charge < -0.3 is 14.6 Å². The second-order valence-corrected chi connectivity index (χ2v) is 7.38. The van der Waals surface area contributed by atoms with E-state index in [1.54, 1.807) is 0 Å². The van der Waals surface area contributed by atoms with E-state index in [4.69, 9.17) is 4.74 Å². The predicted octanol–water partition coefficient (Wildman–Crippen LogP) is 5.49. The first-order chi connectivity index (χ1) is 14.7. The van der Waals surface area contributed by atoms with Crippen LogP contribution in [0.1, 0.15) is 29.7 Å². The van der Waals surface area contributed by atoms with E-state index in [1.165, 1.54) is 5.56 Å². The van der Waals surface area contributed by atoms with Crippen molar-refractivity contribution in [2.45, 2.75) is 19.9 Å². The smallest absolute Gasteiger partial charge is 0.261 e. The molecule has 0 bridgehead atoms. The molecule has 30 heavy (non-hydrogen) atoms. The van der Waals surface area contributed by atoms with Gasteiger partial charge in [-0.3, -0.25) is 4.79 Å². The molecule has 4 heteroatoms. The molecule has 0 fully saturated rings. The van der Waals surface area contributed by atoms with Crippen LogP contribution in [0, 0.1) is 6.92 Å². The average molecular weight is 399 g/mol. The summed E-state index contributed by atoms with van der Waals surface area (Å²) < 4.78 is 5.76. The van der Waals surface area contributed by atoms with Gasteiger partial charge in [-0.1, -0.05) is 66.2 Å². The Balaban J connectivity index is 1.70. The first kappa shape index (κ1) is 19.8. The number of hydrogen-bond acceptors (Lipinski definition) is 2. The van der Waals surface area contributed by atoms with Gasteiger partial charge in [-0.2, -0.15) is 0 Å². The molecule has 0 radical (unpaired) electrons. The Hall–Kier alpha value is -3.53. The topological polar surface area (TPSA) is 45.3 Å². The molecular formula is C26H26N2O2. The van der Waals surface area contributed by atoms with Crippen LogP contribution >= 0.6 is 0 Å². The fourth-order valence-corrected chi connectivity index (χ4v) is 3.84. The fourth-order valence-electron chi connectivity index (χ4n) is 3.84. The number of hydrogen-bond donors (Lipinski definition) is 1. The number of nitrogens with one attached hydrogen (secondary N) is 1. The van der Waals surface area contributed by atoms with Crippen LogP contribution in [0.15, 0.2) is 85.1 Å². The van der Waals surface area contributed by atoms with Crippen molar-refractivity contribution in [3.05, 3.63) is 102 Å². The number of rotatable bonds is 7. The molecule has 0 saturated heterocycles. The maximum Gasteiger partial charge on any atom is 0.261 e. The Morgan fingerprint density at radius 2 is 1.67 bits per heavy atom. The third-order valence-corrected chi connectivity index (χ3v) is 5.39. The number of H-pyrrole nitrogens is 1. The van der Waals surface area contributed by atoms with Gasteiger partial charge >= 0.3 is 0 Å². The van der Waals surface area contributed by atoms with Crippen molar-refractivity contribution in [1.29, 1.82) is 0 Å². The minimum Gasteiger partial charge on any atom is -0.484 e. The standard InChI is InChI=1S/C26H26N2O2/c1-3-28(25(29)18-30-21-9-5-4-6-10-21)26(20-15-13-19(2)14-16-20)23-17-27-24-12-8-7-11-22(23)24/h4-17,26-27H,3,18H2,1-2H3/t26-/m1/s1. The fraction of sp³-hybridized carbons (Fsp3) is 0.192. The number of para-hydroxylation sites is 2. The third-order valence-electron chi connectivity index (χ3n) is 5.39. The summed E-state index contributed by atoms with van der Waals surface area (Å²) >= 11 is 0. The van der Waals surface area contributed by atoms with Crippen molar-refractivity contribution in [3.63, 3.8) is 0 Å². The summed E-state index contributed by atoms with van der Waals surface area (Å²) in [6.45, 7) is 4.66. The molecule has 3 aromatic carbocycles. The van der Waals surface area contributed by atoms with E-state index in [1.807, 2.05) is 60.5 Å². The summed E-state index contributed by atoms with van der Waals surface area (Å²) in [5.74, 6) is 0.651. The highest BCUT2D eigenvalue weighted by molar-refractivity contribution is 5.86. The van der Waals surface area contributed by atoms with Crippen molar-refractivity contribution in [2.75, 3.05) is 13.2 Å². The summed E-state index contributed by atoms with van der Waals surface area (Å²) in [4.78, 5) is 18.5. The largest absolute Gasteiger partial charge is 0.484 e. The zero-order valence-electron chi connectivity index (χ0n) is 17.3. The highest BCUT2D eigenvalue weighted by atomic mass is 16.5. The molecule has 4 rings (SSSR count). The molecule has 0 unspecified atom stereocenters. The lowest BCUT2D eigenvalue weighted by Crippen LogP contribution is -2.38. The molecule has 4 aromatic rings. The van der Waals surface area contributed by atoms with Gasteiger partial charge in [0.15, 0.2) is 6.61 Å². The van der Waals surface area contributed by atoms with Crippen molar-refractivity contribution >= 4 is 16.8 Å². The number of fused-ring (bicyclic) bond motifs is 1. The third kappa shape index (κ3) is 4.08. The number of nitrogens with zero attached hydrogens (tertiary/aromatic N) is 1. The Morgan fingerprint density at radius 1 is 0.967 bits per heavy atom. The van der Waals surface area contributed by atoms with Gasteiger partial charge in [-0.05, 0) is 37.6 Å². The second-order valence-electron chi connectivity index (χ2n) is 7.38. The van der Waals surface area contributed by atoms with Crippen LogP contribution in [-0.2, 0) is 4.79 Å². The van der Waals surface area contributed by atoms with Crippen molar-refractivity contribution in [2.24, 2.45) is 0 Å². The molecule has 0 aliphatic carbocycles. The number of carbonyl (C=O) groups is 1. The van der Waals surface area contributed by atoms with Crippen LogP contribution in [0.2, 0.25) is 0 Å². The summed E-state index contributed by atoms with van der Waals surface area (Å²) in [5, 5.41) is 1.12. The van der Waals surface area contributed by atoms with E-state index in [0.717, 1.165) is 22.0 Å². The van der Waals surface area contributed by atoms with Gasteiger partial charge in [0.25, 0.3) is 5.91 Å². The molecule has 1 N–H and O–H groups in total. The molecule has 0 aliphatic rings. The quantitative estimate of drug-likeness (QED) is 0.447. The van der Waals surface area contributed by atoms with E-state index < -0.39 is 0 Å². The number of aromatic nitrogens is 1. The zero-order valence-corrected chi connectivity index (χ0v) is 17.3. The lowest BCUT2D eigenvalue weighted by atomic mass is 9.95. The van der Waals surface area contributed by atoms with Crippen LogP contribution in [0.25, 0.3) is 10.9 Å². The van der Waals surface area contributed by atoms with Crippen molar-refractivity contribution in [1.82, 2.24) is 9.88 Å². The number of aryl methyl sites for hydroxylation is 1. The zero-order chi connectivity index (χ0) is 20.9. The minimum absolute atomic E-state index is 0.00255. The normalized spacial score (nSPS) is 11.9. The van der Waals surface area contributed by atoms with E-state index in [0.29, 0.717) is 12.3 Å². The molecule has 1 amide bonds. The summed E-state index contributed by atoms with van der Waals surface area (Å²) in [7, 11) is 0. The number of amides is 1. The highest BCUT2D eigenvalue weighted by Crippen LogP contribution is 2.34. The molecular weight excluding hydrogens is 372 g/mol. The number of benzene rings is 3. The first-order valence-electron chi connectivity index (χ1n) is 10.3. The average Bonchev–Trinajstić information content (AvgIpc) is 3.21. The number of ether oxygens (including phenoxy) is 1. The number of likely N-dealkylation sites (N-methyl/N-ethyl adjacent to an activating group) is 1. The van der Waals surface area contributed by atoms with Gasteiger partial charge in [-0.15, -0.1) is 0 Å². The molecule has 0 spiro atoms. The SMILES string of the molecule is CCN(C(=O)COc1ccccc1)[C@H](c1ccc(C)cc1)c1c[nH]c2ccccc12. The van der Waals surface area contributed by atoms with Crippen LogP contribution in [-0.4, -0.2) is 28.9 Å². The van der Waals surface area contributed by atoms with Crippen molar-refractivity contribution in [3.8, 4) is 5.75 Å².